The van der Waals surface area contributed by atoms with Gasteiger partial charge >= 0.3 is 0 Å². The minimum Gasteiger partial charge on any atom is -0.359 e. The minimum atomic E-state index is -0.538. The summed E-state index contributed by atoms with van der Waals surface area (Å²) in [5, 5.41) is 3.16. The maximum absolute atomic E-state index is 14.4. The van der Waals surface area contributed by atoms with Crippen LogP contribution in [0.5, 0.6) is 0 Å². The molecule has 0 bridgehead atoms. The highest BCUT2D eigenvalue weighted by Gasteiger charge is 2.38. The molecule has 2 aromatic carbocycles. The first-order valence-corrected chi connectivity index (χ1v) is 8.90. The number of hydrogen-bond donors (Lipinski definition) is 1. The number of pyridine rings is 1. The summed E-state index contributed by atoms with van der Waals surface area (Å²) in [5.41, 5.74) is 2.70. The zero-order valence-corrected chi connectivity index (χ0v) is 15.5. The number of carbonyl (C=O) groups is 1. The zero-order valence-electron chi connectivity index (χ0n) is 13.9. The van der Waals surface area contributed by atoms with Crippen molar-refractivity contribution in [3.63, 3.8) is 0 Å². The monoisotopic (exact) mass is 411 g/mol. The molecule has 1 N–H and O–H groups in total. The van der Waals surface area contributed by atoms with Gasteiger partial charge in [0.1, 0.15) is 17.8 Å². The number of nitrogens with zero attached hydrogens (tertiary/aromatic N) is 2. The van der Waals surface area contributed by atoms with E-state index in [4.69, 9.17) is 0 Å². The van der Waals surface area contributed by atoms with Crippen LogP contribution < -0.4 is 10.2 Å². The average Bonchev–Trinajstić information content (AvgIpc) is 2.90. The van der Waals surface area contributed by atoms with Gasteiger partial charge in [0.05, 0.1) is 5.69 Å². The Kier molecular flexibility index (Phi) is 4.20. The number of halogens is 2. The summed E-state index contributed by atoms with van der Waals surface area (Å²) in [4.78, 5) is 18.9. The van der Waals surface area contributed by atoms with Gasteiger partial charge in [0, 0.05) is 21.8 Å². The van der Waals surface area contributed by atoms with Crippen molar-refractivity contribution in [1.29, 1.82) is 0 Å². The predicted molar refractivity (Wildman–Crippen MR) is 103 cm³/mol. The lowest BCUT2D eigenvalue weighted by atomic mass is 10.1. The molecule has 0 saturated carbocycles. The van der Waals surface area contributed by atoms with Crippen LogP contribution in [0.1, 0.15) is 27.7 Å². The van der Waals surface area contributed by atoms with Crippen LogP contribution in [-0.4, -0.2) is 10.9 Å². The number of hydrogen-bond acceptors (Lipinski definition) is 3. The van der Waals surface area contributed by atoms with Crippen LogP contribution in [0.25, 0.3) is 0 Å². The van der Waals surface area contributed by atoms with Gasteiger partial charge in [0.15, 0.2) is 0 Å². The second kappa shape index (κ2) is 6.53. The molecule has 1 unspecified atom stereocenters. The summed E-state index contributed by atoms with van der Waals surface area (Å²) in [6.07, 6.45) is 1.13. The minimum absolute atomic E-state index is 0.159. The van der Waals surface area contributed by atoms with E-state index in [1.807, 2.05) is 37.3 Å². The number of anilines is 2. The van der Waals surface area contributed by atoms with Crippen LogP contribution in [0, 0.1) is 12.7 Å². The van der Waals surface area contributed by atoms with Gasteiger partial charge in [-0.05, 0) is 48.9 Å². The highest BCUT2D eigenvalue weighted by Crippen LogP contribution is 2.38. The van der Waals surface area contributed by atoms with E-state index in [1.165, 1.54) is 6.07 Å². The van der Waals surface area contributed by atoms with Crippen molar-refractivity contribution >= 4 is 33.3 Å². The van der Waals surface area contributed by atoms with E-state index in [0.29, 0.717) is 21.5 Å². The highest BCUT2D eigenvalue weighted by atomic mass is 79.9. The number of nitrogens with one attached hydrogen (secondary N) is 1. The Hall–Kier alpha value is -2.73. The van der Waals surface area contributed by atoms with Crippen molar-refractivity contribution in [2.24, 2.45) is 0 Å². The summed E-state index contributed by atoms with van der Waals surface area (Å²) >= 11 is 3.26. The van der Waals surface area contributed by atoms with Crippen LogP contribution in [0.2, 0.25) is 0 Å². The summed E-state index contributed by atoms with van der Waals surface area (Å²) < 4.78 is 15.0. The third kappa shape index (κ3) is 2.86. The molecule has 0 aliphatic carbocycles. The lowest BCUT2D eigenvalue weighted by molar-refractivity contribution is 0.0992. The van der Waals surface area contributed by atoms with Crippen LogP contribution >= 0.6 is 15.9 Å². The van der Waals surface area contributed by atoms with Crippen LogP contribution in [0.15, 0.2) is 65.3 Å². The molecule has 2 heterocycles. The van der Waals surface area contributed by atoms with Gasteiger partial charge in [-0.15, -0.1) is 0 Å². The second-order valence-corrected chi connectivity index (χ2v) is 7.04. The summed E-state index contributed by atoms with van der Waals surface area (Å²) in [6.45, 7) is 1.94. The first-order valence-electron chi connectivity index (χ1n) is 8.11. The van der Waals surface area contributed by atoms with Gasteiger partial charge in [-0.25, -0.2) is 9.37 Å². The Morgan fingerprint density at radius 1 is 1.15 bits per heavy atom. The van der Waals surface area contributed by atoms with Crippen LogP contribution in [0.3, 0.4) is 0 Å². The van der Waals surface area contributed by atoms with Crippen molar-refractivity contribution in [3.8, 4) is 0 Å². The molecule has 6 heteroatoms. The van der Waals surface area contributed by atoms with E-state index in [2.05, 4.69) is 26.2 Å². The van der Waals surface area contributed by atoms with E-state index in [9.17, 15) is 9.18 Å². The van der Waals surface area contributed by atoms with Crippen LogP contribution in [-0.2, 0) is 0 Å². The van der Waals surface area contributed by atoms with E-state index < -0.39 is 12.0 Å². The molecule has 4 nitrogen and oxygen atoms in total. The predicted octanol–water partition coefficient (Wildman–Crippen LogP) is 5.06. The molecule has 0 saturated heterocycles. The quantitative estimate of drug-likeness (QED) is 0.654. The zero-order chi connectivity index (χ0) is 18.3. The molecule has 0 spiro atoms. The van der Waals surface area contributed by atoms with E-state index in [1.54, 1.807) is 29.3 Å². The molecule has 1 aliphatic rings. The Morgan fingerprint density at radius 3 is 2.73 bits per heavy atom. The van der Waals surface area contributed by atoms with E-state index >= 15 is 0 Å². The molecule has 1 amide bonds. The Balaban J connectivity index is 1.81. The van der Waals surface area contributed by atoms with Crippen LogP contribution in [0.4, 0.5) is 15.9 Å². The third-order valence-corrected chi connectivity index (χ3v) is 4.83. The fourth-order valence-corrected chi connectivity index (χ4v) is 3.43. The van der Waals surface area contributed by atoms with E-state index in [-0.39, 0.29) is 5.91 Å². The van der Waals surface area contributed by atoms with Gasteiger partial charge in [-0.1, -0.05) is 34.1 Å². The topological polar surface area (TPSA) is 45.2 Å². The Morgan fingerprint density at radius 2 is 1.96 bits per heavy atom. The summed E-state index contributed by atoms with van der Waals surface area (Å²) in [7, 11) is 0. The lowest BCUT2D eigenvalue weighted by Gasteiger charge is -2.26. The number of aryl methyl sites for hydroxylation is 1. The van der Waals surface area contributed by atoms with Crippen molar-refractivity contribution in [1.82, 2.24) is 4.98 Å². The number of amides is 1. The average molecular weight is 412 g/mol. The number of rotatable bonds is 3. The first kappa shape index (κ1) is 16.7. The molecule has 0 fully saturated rings. The van der Waals surface area contributed by atoms with Crippen molar-refractivity contribution in [3.05, 3.63) is 87.8 Å². The Labute approximate surface area is 158 Å². The standard InChI is InChI=1S/C20H15BrFN3O/c1-12-8-9-23-18(10-12)25-19(14-4-2-3-5-15(14)20(25)26)24-17-7-6-13(21)11-16(17)22/h2-11,19,24H,1H3. The molecule has 26 heavy (non-hydrogen) atoms. The maximum Gasteiger partial charge on any atom is 0.261 e. The third-order valence-electron chi connectivity index (χ3n) is 4.33. The smallest absolute Gasteiger partial charge is 0.261 e. The number of fused-ring (bicyclic) bond motifs is 1. The SMILES string of the molecule is Cc1ccnc(N2C(=O)c3ccccc3C2Nc2ccc(Br)cc2F)c1. The molecule has 3 aromatic rings. The number of aromatic nitrogens is 1. The fourth-order valence-electron chi connectivity index (χ4n) is 3.10. The molecule has 4 rings (SSSR count). The summed E-state index contributed by atoms with van der Waals surface area (Å²) in [6, 6.07) is 15.8. The largest absolute Gasteiger partial charge is 0.359 e. The molecule has 0 radical (unpaired) electrons. The van der Waals surface area contributed by atoms with Crippen molar-refractivity contribution in [2.45, 2.75) is 13.1 Å². The first-order chi connectivity index (χ1) is 12.5. The van der Waals surface area contributed by atoms with Crippen molar-refractivity contribution in [2.75, 3.05) is 10.2 Å². The highest BCUT2D eigenvalue weighted by molar-refractivity contribution is 9.10. The summed E-state index contributed by atoms with van der Waals surface area (Å²) in [5.74, 6) is -0.0247. The molecule has 1 aromatic heterocycles. The molecule has 1 atom stereocenters. The Bertz CT molecular complexity index is 1010. The fraction of sp³-hybridized carbons (Fsp3) is 0.100. The van der Waals surface area contributed by atoms with E-state index in [0.717, 1.165) is 11.1 Å². The van der Waals surface area contributed by atoms with Gasteiger partial charge in [0.2, 0.25) is 0 Å². The van der Waals surface area contributed by atoms with Crippen molar-refractivity contribution < 1.29 is 9.18 Å². The van der Waals surface area contributed by atoms with Gasteiger partial charge < -0.3 is 5.32 Å². The molecule has 130 valence electrons. The molecular formula is C20H15BrFN3O. The number of benzene rings is 2. The second-order valence-electron chi connectivity index (χ2n) is 6.12. The van der Waals surface area contributed by atoms with Gasteiger partial charge in [0.25, 0.3) is 5.91 Å². The maximum atomic E-state index is 14.4. The van der Waals surface area contributed by atoms with Gasteiger partial charge in [-0.2, -0.15) is 0 Å². The lowest BCUT2D eigenvalue weighted by Crippen LogP contribution is -2.33. The normalized spacial score (nSPS) is 15.9. The molecular weight excluding hydrogens is 397 g/mol. The number of carbonyl (C=O) groups excluding carboxylic acids is 1. The molecule has 1 aliphatic heterocycles. The van der Waals surface area contributed by atoms with Gasteiger partial charge in [-0.3, -0.25) is 9.69 Å².